The minimum absolute atomic E-state index is 0.950. The molecule has 0 aliphatic rings. The molecule has 0 unspecified atom stereocenters. The highest BCUT2D eigenvalue weighted by molar-refractivity contribution is 14.1. The van der Waals surface area contributed by atoms with Gasteiger partial charge < -0.3 is 8.82 Å². The highest BCUT2D eigenvalue weighted by atomic mass is 127. The maximum atomic E-state index is 6.38. The van der Waals surface area contributed by atoms with Crippen LogP contribution < -0.4 is 0 Å². The van der Waals surface area contributed by atoms with Crippen LogP contribution in [-0.4, -0.2) is 4.40 Å². The van der Waals surface area contributed by atoms with Crippen molar-refractivity contribution in [1.82, 2.24) is 4.40 Å². The summed E-state index contributed by atoms with van der Waals surface area (Å²) in [4.78, 5) is 0. The summed E-state index contributed by atoms with van der Waals surface area (Å²) < 4.78 is 10.0. The van der Waals surface area contributed by atoms with E-state index in [1.54, 1.807) is 0 Å². The van der Waals surface area contributed by atoms with Gasteiger partial charge in [0.2, 0.25) is 0 Å². The van der Waals surface area contributed by atoms with E-state index in [4.69, 9.17) is 4.42 Å². The van der Waals surface area contributed by atoms with Crippen molar-refractivity contribution in [2.24, 2.45) is 0 Å². The van der Waals surface area contributed by atoms with Gasteiger partial charge in [-0.3, -0.25) is 0 Å². The van der Waals surface area contributed by atoms with Crippen molar-refractivity contribution >= 4 is 82.6 Å². The van der Waals surface area contributed by atoms with Gasteiger partial charge in [0.15, 0.2) is 0 Å². The van der Waals surface area contributed by atoms with Gasteiger partial charge in [0, 0.05) is 30.5 Å². The first kappa shape index (κ1) is 14.3. The van der Waals surface area contributed by atoms with Gasteiger partial charge in [-0.05, 0) is 59.0 Å². The van der Waals surface area contributed by atoms with Gasteiger partial charge in [0.05, 0.1) is 21.9 Å². The maximum Gasteiger partial charge on any atom is 0.145 e. The molecule has 7 rings (SSSR count). The summed E-state index contributed by atoms with van der Waals surface area (Å²) in [6.07, 6.45) is 0. The Morgan fingerprint density at radius 2 is 1.44 bits per heavy atom. The minimum Gasteiger partial charge on any atom is -0.455 e. The van der Waals surface area contributed by atoms with Crippen LogP contribution >= 0.6 is 22.6 Å². The highest BCUT2D eigenvalue weighted by Crippen LogP contribution is 2.45. The van der Waals surface area contributed by atoms with Crippen molar-refractivity contribution in [3.63, 3.8) is 0 Å². The molecule has 0 aliphatic heterocycles. The standard InChI is InChI=1S/C24H12INO/c25-13-9-10-20-16(11-13)17-12-18-14-5-2-4-8-21(14)27-24(18)22-15-6-1-3-7-19(15)26(20)23(17)22/h1-12H. The quantitative estimate of drug-likeness (QED) is 0.218. The van der Waals surface area contributed by atoms with E-state index in [2.05, 4.69) is 93.7 Å². The van der Waals surface area contributed by atoms with E-state index in [1.807, 2.05) is 6.07 Å². The summed E-state index contributed by atoms with van der Waals surface area (Å²) in [5.74, 6) is 0. The van der Waals surface area contributed by atoms with E-state index in [0.29, 0.717) is 0 Å². The zero-order valence-electron chi connectivity index (χ0n) is 14.2. The van der Waals surface area contributed by atoms with Gasteiger partial charge >= 0.3 is 0 Å². The van der Waals surface area contributed by atoms with Crippen molar-refractivity contribution in [1.29, 1.82) is 0 Å². The molecular formula is C24H12INO. The molecule has 3 heteroatoms. The number of benzene rings is 4. The lowest BCUT2D eigenvalue weighted by Gasteiger charge is -1.98. The first-order valence-electron chi connectivity index (χ1n) is 8.99. The molecule has 3 heterocycles. The second-order valence-electron chi connectivity index (χ2n) is 7.14. The van der Waals surface area contributed by atoms with Crippen LogP contribution in [0.4, 0.5) is 0 Å². The maximum absolute atomic E-state index is 6.38. The van der Waals surface area contributed by atoms with Crippen LogP contribution in [0.2, 0.25) is 0 Å². The number of furan rings is 1. The Hall–Kier alpha value is -2.79. The highest BCUT2D eigenvalue weighted by Gasteiger charge is 2.22. The van der Waals surface area contributed by atoms with E-state index >= 15 is 0 Å². The van der Waals surface area contributed by atoms with E-state index in [0.717, 1.165) is 11.2 Å². The van der Waals surface area contributed by atoms with Crippen LogP contribution in [0.25, 0.3) is 60.0 Å². The van der Waals surface area contributed by atoms with Gasteiger partial charge in [-0.1, -0.05) is 36.4 Å². The number of para-hydroxylation sites is 2. The van der Waals surface area contributed by atoms with Crippen LogP contribution in [0.3, 0.4) is 0 Å². The molecule has 126 valence electrons. The fraction of sp³-hybridized carbons (Fsp3) is 0. The molecule has 0 amide bonds. The van der Waals surface area contributed by atoms with Gasteiger partial charge in [0.25, 0.3) is 0 Å². The largest absolute Gasteiger partial charge is 0.455 e. The van der Waals surface area contributed by atoms with E-state index in [9.17, 15) is 0 Å². The van der Waals surface area contributed by atoms with E-state index < -0.39 is 0 Å². The molecule has 0 bridgehead atoms. The number of aromatic nitrogens is 1. The Balaban J connectivity index is 1.94. The third kappa shape index (κ3) is 1.62. The molecule has 27 heavy (non-hydrogen) atoms. The molecule has 0 radical (unpaired) electrons. The summed E-state index contributed by atoms with van der Waals surface area (Å²) in [5, 5.41) is 7.46. The fourth-order valence-corrected chi connectivity index (χ4v) is 5.20. The Labute approximate surface area is 167 Å². The van der Waals surface area contributed by atoms with Crippen molar-refractivity contribution in [2.45, 2.75) is 0 Å². The van der Waals surface area contributed by atoms with E-state index in [-0.39, 0.29) is 0 Å². The molecule has 0 N–H and O–H groups in total. The average molecular weight is 457 g/mol. The van der Waals surface area contributed by atoms with Crippen molar-refractivity contribution in [3.8, 4) is 0 Å². The summed E-state index contributed by atoms with van der Waals surface area (Å²) in [6.45, 7) is 0. The first-order chi connectivity index (χ1) is 13.3. The lowest BCUT2D eigenvalue weighted by Crippen LogP contribution is -1.80. The summed E-state index contributed by atoms with van der Waals surface area (Å²) in [6, 6.07) is 26.0. The van der Waals surface area contributed by atoms with Crippen LogP contribution in [0.5, 0.6) is 0 Å². The second-order valence-corrected chi connectivity index (χ2v) is 8.38. The molecule has 0 fully saturated rings. The SMILES string of the molecule is Ic1ccc2c(c1)c1cc3c4ccccc4oc3c3c4ccccc4n2c13. The molecule has 3 aromatic heterocycles. The Kier molecular flexibility index (Phi) is 2.50. The van der Waals surface area contributed by atoms with Crippen molar-refractivity contribution in [2.75, 3.05) is 0 Å². The number of nitrogens with zero attached hydrogens (tertiary/aromatic N) is 1. The Morgan fingerprint density at radius 1 is 0.667 bits per heavy atom. The molecule has 0 saturated heterocycles. The van der Waals surface area contributed by atoms with Gasteiger partial charge in [-0.25, -0.2) is 0 Å². The van der Waals surface area contributed by atoms with Crippen LogP contribution in [0.1, 0.15) is 0 Å². The average Bonchev–Trinajstić information content (AvgIpc) is 3.33. The van der Waals surface area contributed by atoms with Gasteiger partial charge in [-0.2, -0.15) is 0 Å². The number of halogens is 1. The van der Waals surface area contributed by atoms with Crippen molar-refractivity contribution < 1.29 is 4.42 Å². The lowest BCUT2D eigenvalue weighted by molar-refractivity contribution is 0.673. The number of rotatable bonds is 0. The van der Waals surface area contributed by atoms with E-state index in [1.165, 1.54) is 52.4 Å². The first-order valence-corrected chi connectivity index (χ1v) is 10.1. The summed E-state index contributed by atoms with van der Waals surface area (Å²) >= 11 is 2.40. The molecule has 0 atom stereocenters. The minimum atomic E-state index is 0.950. The number of hydrogen-bond acceptors (Lipinski definition) is 1. The van der Waals surface area contributed by atoms with Crippen LogP contribution in [0, 0.1) is 3.57 Å². The normalized spacial score (nSPS) is 12.6. The summed E-state index contributed by atoms with van der Waals surface area (Å²) in [7, 11) is 0. The molecule has 0 spiro atoms. The third-order valence-corrected chi connectivity index (χ3v) is 6.44. The Bertz CT molecular complexity index is 1690. The number of hydrogen-bond donors (Lipinski definition) is 0. The predicted octanol–water partition coefficient (Wildman–Crippen LogP) is 7.34. The topological polar surface area (TPSA) is 17.6 Å². The molecule has 0 aliphatic carbocycles. The van der Waals surface area contributed by atoms with Crippen LogP contribution in [-0.2, 0) is 0 Å². The summed E-state index contributed by atoms with van der Waals surface area (Å²) in [5.41, 5.74) is 5.70. The number of fused-ring (bicyclic) bond motifs is 10. The molecule has 7 aromatic rings. The molecule has 2 nitrogen and oxygen atoms in total. The zero-order chi connectivity index (χ0) is 17.7. The van der Waals surface area contributed by atoms with Gasteiger partial charge in [-0.15, -0.1) is 0 Å². The lowest BCUT2D eigenvalue weighted by atomic mass is 10.0. The molecular weight excluding hydrogens is 445 g/mol. The third-order valence-electron chi connectivity index (χ3n) is 5.77. The Morgan fingerprint density at radius 3 is 2.37 bits per heavy atom. The second kappa shape index (κ2) is 4.73. The fourth-order valence-electron chi connectivity index (χ4n) is 4.71. The molecule has 0 saturated carbocycles. The predicted molar refractivity (Wildman–Crippen MR) is 121 cm³/mol. The zero-order valence-corrected chi connectivity index (χ0v) is 16.3. The van der Waals surface area contributed by atoms with Crippen molar-refractivity contribution in [3.05, 3.63) is 76.4 Å². The molecule has 4 aromatic carbocycles. The monoisotopic (exact) mass is 457 g/mol. The van der Waals surface area contributed by atoms with Crippen LogP contribution in [0.15, 0.2) is 77.2 Å². The van der Waals surface area contributed by atoms with Gasteiger partial charge in [0.1, 0.15) is 11.2 Å². The smallest absolute Gasteiger partial charge is 0.145 e.